The van der Waals surface area contributed by atoms with Crippen molar-refractivity contribution in [2.45, 2.75) is 31.8 Å². The lowest BCUT2D eigenvalue weighted by molar-refractivity contribution is -0.393. The molecule has 134 valence electrons. The van der Waals surface area contributed by atoms with E-state index in [0.717, 1.165) is 0 Å². The van der Waals surface area contributed by atoms with E-state index in [1.807, 2.05) is 0 Å². The molecule has 1 aromatic carbocycles. The monoisotopic (exact) mass is 369 g/mol. The number of alkyl halides is 4. The van der Waals surface area contributed by atoms with Crippen molar-refractivity contribution in [3.63, 3.8) is 0 Å². The summed E-state index contributed by atoms with van der Waals surface area (Å²) in [6.07, 6.45) is -4.47. The Kier molecular flexibility index (Phi) is 6.35. The van der Waals surface area contributed by atoms with Gasteiger partial charge in [-0.05, 0) is 13.3 Å². The molecule has 1 aromatic rings. The van der Waals surface area contributed by atoms with Crippen LogP contribution in [0.2, 0.25) is 0 Å². The predicted molar refractivity (Wildman–Crippen MR) is 82.6 cm³/mol. The van der Waals surface area contributed by atoms with Crippen molar-refractivity contribution in [2.75, 3.05) is 18.0 Å². The molecule has 0 radical (unpaired) electrons. The van der Waals surface area contributed by atoms with E-state index in [1.165, 1.54) is 4.90 Å². The number of hydrogen-bond acceptors (Lipinski definition) is 5. The minimum atomic E-state index is -4.94. The van der Waals surface area contributed by atoms with Crippen LogP contribution in [-0.2, 0) is 6.18 Å². The molecule has 0 N–H and O–H groups in total. The molecule has 1 unspecified atom stereocenters. The van der Waals surface area contributed by atoms with Gasteiger partial charge in [0.05, 0.1) is 15.4 Å². The number of hydrogen-bond donors (Lipinski definition) is 0. The number of benzene rings is 1. The highest BCUT2D eigenvalue weighted by Gasteiger charge is 2.39. The van der Waals surface area contributed by atoms with Crippen LogP contribution in [0, 0.1) is 20.2 Å². The second kappa shape index (κ2) is 7.65. The van der Waals surface area contributed by atoms with Crippen LogP contribution >= 0.6 is 11.6 Å². The van der Waals surface area contributed by atoms with Gasteiger partial charge in [-0.15, -0.1) is 11.6 Å². The lowest BCUT2D eigenvalue weighted by atomic mass is 10.1. The van der Waals surface area contributed by atoms with E-state index >= 15 is 0 Å². The van der Waals surface area contributed by atoms with Gasteiger partial charge in [0.1, 0.15) is 0 Å². The average molecular weight is 370 g/mol. The molecule has 1 rings (SSSR count). The van der Waals surface area contributed by atoms with Crippen LogP contribution in [0.25, 0.3) is 0 Å². The summed E-state index contributed by atoms with van der Waals surface area (Å²) < 4.78 is 38.7. The maximum atomic E-state index is 12.9. The van der Waals surface area contributed by atoms with Crippen molar-refractivity contribution in [1.82, 2.24) is 0 Å². The van der Waals surface area contributed by atoms with E-state index in [0.29, 0.717) is 18.6 Å². The third kappa shape index (κ3) is 4.70. The first-order valence-corrected chi connectivity index (χ1v) is 7.35. The Hall–Kier alpha value is -2.10. The first-order chi connectivity index (χ1) is 11.0. The minimum absolute atomic E-state index is 0.0163. The van der Waals surface area contributed by atoms with Gasteiger partial charge < -0.3 is 4.90 Å². The van der Waals surface area contributed by atoms with E-state index in [2.05, 4.69) is 0 Å². The topological polar surface area (TPSA) is 89.5 Å². The normalized spacial score (nSPS) is 12.8. The van der Waals surface area contributed by atoms with E-state index in [4.69, 9.17) is 11.6 Å². The summed E-state index contributed by atoms with van der Waals surface area (Å²) in [5.74, 6) is 0. The smallest absolute Gasteiger partial charge is 0.359 e. The van der Waals surface area contributed by atoms with Crippen LogP contribution in [0.1, 0.15) is 25.8 Å². The van der Waals surface area contributed by atoms with Gasteiger partial charge in [-0.25, -0.2) is 0 Å². The second-order valence-corrected chi connectivity index (χ2v) is 5.85. The predicted octanol–water partition coefficient (Wildman–Crippen LogP) is 4.37. The Morgan fingerprint density at radius 1 is 1.21 bits per heavy atom. The summed E-state index contributed by atoms with van der Waals surface area (Å²) in [6, 6.07) is 0.619. The van der Waals surface area contributed by atoms with Crippen molar-refractivity contribution < 1.29 is 23.0 Å². The van der Waals surface area contributed by atoms with E-state index in [-0.39, 0.29) is 13.1 Å². The third-order valence-corrected chi connectivity index (χ3v) is 3.21. The van der Waals surface area contributed by atoms with Crippen molar-refractivity contribution in [2.24, 2.45) is 0 Å². The number of nitro benzene ring substituents is 2. The lowest BCUT2D eigenvalue weighted by Gasteiger charge is -2.25. The molecule has 0 aliphatic carbocycles. The number of rotatable bonds is 7. The van der Waals surface area contributed by atoms with Crippen LogP contribution < -0.4 is 4.90 Å². The van der Waals surface area contributed by atoms with Crippen LogP contribution in [0.5, 0.6) is 0 Å². The summed E-state index contributed by atoms with van der Waals surface area (Å²) in [7, 11) is 0. The van der Waals surface area contributed by atoms with Gasteiger partial charge in [-0.1, -0.05) is 6.92 Å². The molecule has 0 aromatic heterocycles. The first-order valence-electron chi connectivity index (χ1n) is 6.92. The van der Waals surface area contributed by atoms with Crippen LogP contribution in [-0.4, -0.2) is 28.3 Å². The molecular formula is C13H15ClF3N3O4. The Morgan fingerprint density at radius 3 is 1.96 bits per heavy atom. The molecule has 0 spiro atoms. The van der Waals surface area contributed by atoms with Gasteiger partial charge >= 0.3 is 6.18 Å². The molecule has 7 nitrogen and oxygen atoms in total. The van der Waals surface area contributed by atoms with Gasteiger partial charge in [-0.3, -0.25) is 20.2 Å². The summed E-state index contributed by atoms with van der Waals surface area (Å²) >= 11 is 5.86. The number of nitro groups is 2. The summed E-state index contributed by atoms with van der Waals surface area (Å²) in [5, 5.41) is 21.9. The van der Waals surface area contributed by atoms with Crippen molar-refractivity contribution >= 4 is 28.7 Å². The van der Waals surface area contributed by atoms with Crippen molar-refractivity contribution in [1.29, 1.82) is 0 Å². The number of anilines is 1. The summed E-state index contributed by atoms with van der Waals surface area (Å²) in [4.78, 5) is 21.6. The zero-order chi connectivity index (χ0) is 18.7. The van der Waals surface area contributed by atoms with Crippen molar-refractivity contribution in [3.05, 3.63) is 37.9 Å². The zero-order valence-electron chi connectivity index (χ0n) is 12.8. The highest BCUT2D eigenvalue weighted by Crippen LogP contribution is 2.43. The van der Waals surface area contributed by atoms with E-state index < -0.39 is 44.0 Å². The Balaban J connectivity index is 3.71. The molecule has 11 heteroatoms. The lowest BCUT2D eigenvalue weighted by Crippen LogP contribution is -2.31. The quantitative estimate of drug-likeness (QED) is 0.404. The SMILES string of the molecule is CCCN(CC(C)Cl)c1c([N+](=O)[O-])cc(C(F)(F)F)cc1[N+](=O)[O-]. The van der Waals surface area contributed by atoms with Gasteiger partial charge in [0, 0.05) is 30.6 Å². The van der Waals surface area contributed by atoms with E-state index in [9.17, 15) is 33.4 Å². The molecule has 0 aliphatic heterocycles. The fourth-order valence-corrected chi connectivity index (χ4v) is 2.40. The minimum Gasteiger partial charge on any atom is -0.359 e. The molecule has 0 bridgehead atoms. The molecule has 0 amide bonds. The molecule has 1 atom stereocenters. The highest BCUT2D eigenvalue weighted by molar-refractivity contribution is 6.20. The molecular weight excluding hydrogens is 355 g/mol. The number of halogens is 4. The standard InChI is InChI=1S/C13H15ClF3N3O4/c1-3-4-18(7-8(2)14)12-10(19(21)22)5-9(13(15,16)17)6-11(12)20(23)24/h5-6,8H,3-4,7H2,1-2H3. The maximum absolute atomic E-state index is 12.9. The van der Waals surface area contributed by atoms with Gasteiger partial charge in [0.25, 0.3) is 11.4 Å². The second-order valence-electron chi connectivity index (χ2n) is 5.10. The fraction of sp³-hybridized carbons (Fsp3) is 0.538. The summed E-state index contributed by atoms with van der Waals surface area (Å²) in [5.41, 5.74) is -3.85. The highest BCUT2D eigenvalue weighted by atomic mass is 35.5. The molecule has 0 saturated carbocycles. The number of nitrogens with zero attached hydrogens (tertiary/aromatic N) is 3. The molecule has 0 saturated heterocycles. The van der Waals surface area contributed by atoms with Gasteiger partial charge in [0.2, 0.25) is 0 Å². The largest absolute Gasteiger partial charge is 0.416 e. The molecule has 0 heterocycles. The van der Waals surface area contributed by atoms with Crippen LogP contribution in [0.3, 0.4) is 0 Å². The maximum Gasteiger partial charge on any atom is 0.416 e. The Bertz CT molecular complexity index is 602. The molecule has 0 fully saturated rings. The van der Waals surface area contributed by atoms with E-state index in [1.54, 1.807) is 13.8 Å². The zero-order valence-corrected chi connectivity index (χ0v) is 13.6. The average Bonchev–Trinajstić information content (AvgIpc) is 2.43. The van der Waals surface area contributed by atoms with Gasteiger partial charge in [0.15, 0.2) is 5.69 Å². The van der Waals surface area contributed by atoms with Crippen molar-refractivity contribution in [3.8, 4) is 0 Å². The first kappa shape index (κ1) is 19.9. The van der Waals surface area contributed by atoms with Crippen LogP contribution in [0.15, 0.2) is 12.1 Å². The Morgan fingerprint density at radius 2 is 1.67 bits per heavy atom. The van der Waals surface area contributed by atoms with Crippen LogP contribution in [0.4, 0.5) is 30.2 Å². The fourth-order valence-electron chi connectivity index (χ4n) is 2.24. The summed E-state index contributed by atoms with van der Waals surface area (Å²) in [6.45, 7) is 3.49. The molecule has 24 heavy (non-hydrogen) atoms. The third-order valence-electron chi connectivity index (χ3n) is 3.07. The van der Waals surface area contributed by atoms with Gasteiger partial charge in [-0.2, -0.15) is 13.2 Å². The molecule has 0 aliphatic rings. The Labute approximate surface area is 140 Å².